The van der Waals surface area contributed by atoms with Gasteiger partial charge in [0.15, 0.2) is 0 Å². The van der Waals surface area contributed by atoms with E-state index in [-0.39, 0.29) is 24.6 Å². The van der Waals surface area contributed by atoms with E-state index in [1.54, 1.807) is 26.0 Å². The normalized spacial score (nSPS) is 14.3. The van der Waals surface area contributed by atoms with Crippen LogP contribution in [0.4, 0.5) is 5.69 Å². The molecule has 2 rings (SSSR count). The van der Waals surface area contributed by atoms with Crippen LogP contribution in [0.25, 0.3) is 0 Å². The summed E-state index contributed by atoms with van der Waals surface area (Å²) in [6.07, 6.45) is 0. The maximum absolute atomic E-state index is 12.3. The molecule has 0 saturated heterocycles. The van der Waals surface area contributed by atoms with Gasteiger partial charge in [-0.25, -0.2) is 9.59 Å². The molecule has 1 aliphatic heterocycles. The number of ether oxygens (including phenoxy) is 3. The van der Waals surface area contributed by atoms with Gasteiger partial charge in [0.25, 0.3) is 0 Å². The minimum atomic E-state index is -0.679. The zero-order valence-electron chi connectivity index (χ0n) is 14.5. The van der Waals surface area contributed by atoms with Crippen LogP contribution in [0.15, 0.2) is 23.4 Å². The lowest BCUT2D eigenvalue weighted by molar-refractivity contribution is -0.140. The number of hydrogen-bond acceptors (Lipinski definition) is 7. The summed E-state index contributed by atoms with van der Waals surface area (Å²) < 4.78 is 15.0. The van der Waals surface area contributed by atoms with E-state index in [9.17, 15) is 14.4 Å². The van der Waals surface area contributed by atoms with Crippen LogP contribution < -0.4 is 10.6 Å². The monoisotopic (exact) mass is 348 g/mol. The molecule has 25 heavy (non-hydrogen) atoms. The van der Waals surface area contributed by atoms with E-state index in [0.717, 1.165) is 0 Å². The molecular formula is C17H20N2O6. The predicted octanol–water partition coefficient (Wildman–Crippen LogP) is 0.797. The summed E-state index contributed by atoms with van der Waals surface area (Å²) in [6.45, 7) is 3.53. The summed E-state index contributed by atoms with van der Waals surface area (Å²) >= 11 is 0. The Labute approximate surface area is 145 Å². The van der Waals surface area contributed by atoms with E-state index in [4.69, 9.17) is 19.9 Å². The third-order valence-electron chi connectivity index (χ3n) is 3.88. The van der Waals surface area contributed by atoms with Crippen molar-refractivity contribution in [3.8, 4) is 0 Å². The number of methoxy groups -OCH3 is 2. The number of nitrogens with zero attached hydrogens (tertiary/aromatic N) is 1. The second kappa shape index (κ2) is 7.35. The number of esters is 2. The summed E-state index contributed by atoms with van der Waals surface area (Å²) in [6, 6.07) is 3.23. The number of hydrogen-bond donors (Lipinski definition) is 1. The molecule has 1 aliphatic rings. The Kier molecular flexibility index (Phi) is 5.43. The topological polar surface area (TPSA) is 108 Å². The van der Waals surface area contributed by atoms with Crippen LogP contribution in [-0.2, 0) is 23.8 Å². The van der Waals surface area contributed by atoms with Gasteiger partial charge < -0.3 is 24.8 Å². The molecular weight excluding hydrogens is 328 g/mol. The lowest BCUT2D eigenvalue weighted by Gasteiger charge is -2.33. The number of carbonyl (C=O) groups excluding carboxylic acids is 3. The van der Waals surface area contributed by atoms with E-state index >= 15 is 0 Å². The van der Waals surface area contributed by atoms with Crippen molar-refractivity contribution in [3.63, 3.8) is 0 Å². The quantitative estimate of drug-likeness (QED) is 0.802. The maximum Gasteiger partial charge on any atom is 0.355 e. The number of nitrogens with two attached hydrogens (primary N) is 1. The van der Waals surface area contributed by atoms with E-state index < -0.39 is 17.8 Å². The molecule has 0 saturated carbocycles. The first-order chi connectivity index (χ1) is 11.8. The van der Waals surface area contributed by atoms with Gasteiger partial charge in [0.1, 0.15) is 12.4 Å². The van der Waals surface area contributed by atoms with Crippen molar-refractivity contribution in [1.29, 1.82) is 0 Å². The Hall–Kier alpha value is -2.87. The van der Waals surface area contributed by atoms with E-state index in [0.29, 0.717) is 22.4 Å². The lowest BCUT2D eigenvalue weighted by atomic mass is 10.0. The molecule has 1 aromatic rings. The Morgan fingerprint density at radius 1 is 1.08 bits per heavy atom. The third-order valence-corrected chi connectivity index (χ3v) is 3.88. The highest BCUT2D eigenvalue weighted by atomic mass is 16.5. The van der Waals surface area contributed by atoms with Crippen molar-refractivity contribution >= 4 is 23.5 Å². The van der Waals surface area contributed by atoms with Gasteiger partial charge in [-0.1, -0.05) is 0 Å². The van der Waals surface area contributed by atoms with Gasteiger partial charge in [0.2, 0.25) is 5.91 Å². The molecule has 8 nitrogen and oxygen atoms in total. The van der Waals surface area contributed by atoms with Crippen LogP contribution in [0.5, 0.6) is 0 Å². The van der Waals surface area contributed by atoms with Gasteiger partial charge in [-0.15, -0.1) is 0 Å². The third kappa shape index (κ3) is 3.48. The smallest absolute Gasteiger partial charge is 0.355 e. The van der Waals surface area contributed by atoms with E-state index in [2.05, 4.69) is 0 Å². The Balaban J connectivity index is 2.66. The maximum atomic E-state index is 12.3. The molecule has 2 N–H and O–H groups in total. The molecule has 0 unspecified atom stereocenters. The highest BCUT2D eigenvalue weighted by Gasteiger charge is 2.33. The number of aryl methyl sites for hydroxylation is 2. The number of anilines is 1. The highest BCUT2D eigenvalue weighted by molar-refractivity contribution is 6.04. The summed E-state index contributed by atoms with van der Waals surface area (Å²) in [4.78, 5) is 37.3. The fourth-order valence-electron chi connectivity index (χ4n) is 2.84. The number of benzene rings is 1. The van der Waals surface area contributed by atoms with Crippen molar-refractivity contribution in [1.82, 2.24) is 0 Å². The molecule has 8 heteroatoms. The van der Waals surface area contributed by atoms with Crippen LogP contribution in [0.3, 0.4) is 0 Å². The second-order valence-electron chi connectivity index (χ2n) is 5.54. The molecule has 1 heterocycles. The average molecular weight is 348 g/mol. The Bertz CT molecular complexity index is 745. The molecule has 0 fully saturated rings. The lowest BCUT2D eigenvalue weighted by Crippen LogP contribution is -2.39. The van der Waals surface area contributed by atoms with Gasteiger partial charge in [-0.2, -0.15) is 0 Å². The molecule has 0 aromatic heterocycles. The summed E-state index contributed by atoms with van der Waals surface area (Å²) in [5.74, 6) is -1.90. The number of amides is 1. The summed E-state index contributed by atoms with van der Waals surface area (Å²) in [5.41, 5.74) is 7.84. The van der Waals surface area contributed by atoms with Crippen LogP contribution in [-0.4, -0.2) is 45.4 Å². The number of primary amides is 1. The molecule has 0 bridgehead atoms. The molecule has 1 aromatic carbocycles. The zero-order chi connectivity index (χ0) is 18.7. The fraction of sp³-hybridized carbons (Fsp3) is 0.353. The van der Waals surface area contributed by atoms with Gasteiger partial charge in [0.05, 0.1) is 26.4 Å². The predicted molar refractivity (Wildman–Crippen MR) is 88.8 cm³/mol. The first-order valence-corrected chi connectivity index (χ1v) is 7.47. The fourth-order valence-corrected chi connectivity index (χ4v) is 2.84. The van der Waals surface area contributed by atoms with Gasteiger partial charge in [0, 0.05) is 11.3 Å². The van der Waals surface area contributed by atoms with Gasteiger partial charge >= 0.3 is 11.9 Å². The standard InChI is InChI=1S/C17H20N2O6/c1-9-5-11(15(18)20)6-10(2)13(9)19-8-25-7-12(16(21)23-3)14(19)17(22)24-4/h5-6H,7-8H2,1-4H3,(H2,18,20). The average Bonchev–Trinajstić information content (AvgIpc) is 2.59. The highest BCUT2D eigenvalue weighted by Crippen LogP contribution is 2.32. The zero-order valence-corrected chi connectivity index (χ0v) is 14.5. The molecule has 0 atom stereocenters. The number of rotatable bonds is 4. The molecule has 0 spiro atoms. The first-order valence-electron chi connectivity index (χ1n) is 7.47. The summed E-state index contributed by atoms with van der Waals surface area (Å²) in [7, 11) is 2.45. The van der Waals surface area contributed by atoms with Crippen molar-refractivity contribution in [2.24, 2.45) is 5.73 Å². The number of carbonyl (C=O) groups is 3. The first kappa shape index (κ1) is 18.5. The minimum Gasteiger partial charge on any atom is -0.466 e. The van der Waals surface area contributed by atoms with E-state index in [1.807, 2.05) is 0 Å². The van der Waals surface area contributed by atoms with E-state index in [1.165, 1.54) is 19.1 Å². The largest absolute Gasteiger partial charge is 0.466 e. The summed E-state index contributed by atoms with van der Waals surface area (Å²) in [5, 5.41) is 0. The van der Waals surface area contributed by atoms with Gasteiger partial charge in [-0.3, -0.25) is 4.79 Å². The molecule has 134 valence electrons. The van der Waals surface area contributed by atoms with Crippen LogP contribution >= 0.6 is 0 Å². The second-order valence-corrected chi connectivity index (χ2v) is 5.54. The van der Waals surface area contributed by atoms with Crippen LogP contribution in [0.1, 0.15) is 21.5 Å². The SMILES string of the molecule is COC(=O)C1=C(C(=O)OC)N(c2c(C)cc(C(N)=O)cc2C)COC1. The Morgan fingerprint density at radius 2 is 1.64 bits per heavy atom. The van der Waals surface area contributed by atoms with Crippen LogP contribution in [0, 0.1) is 13.8 Å². The van der Waals surface area contributed by atoms with Crippen LogP contribution in [0.2, 0.25) is 0 Å². The molecule has 0 aliphatic carbocycles. The molecule has 0 radical (unpaired) electrons. The van der Waals surface area contributed by atoms with Crippen molar-refractivity contribution in [2.75, 3.05) is 32.5 Å². The van der Waals surface area contributed by atoms with Crippen molar-refractivity contribution in [3.05, 3.63) is 40.1 Å². The molecule has 1 amide bonds. The minimum absolute atomic E-state index is 0.0442. The Morgan fingerprint density at radius 3 is 2.12 bits per heavy atom. The van der Waals surface area contributed by atoms with Crippen molar-refractivity contribution in [2.45, 2.75) is 13.8 Å². The van der Waals surface area contributed by atoms with Crippen molar-refractivity contribution < 1.29 is 28.6 Å². The van der Waals surface area contributed by atoms with Gasteiger partial charge in [-0.05, 0) is 37.1 Å².